The second-order valence-corrected chi connectivity index (χ2v) is 6.99. The molecule has 2 N–H and O–H groups in total. The number of rotatable bonds is 5. The van der Waals surface area contributed by atoms with E-state index in [1.807, 2.05) is 17.5 Å². The Labute approximate surface area is 138 Å². The summed E-state index contributed by atoms with van der Waals surface area (Å²) in [7, 11) is 0. The molecule has 7 nitrogen and oxygen atoms in total. The number of likely N-dealkylation sites (tertiary alicyclic amines) is 1. The van der Waals surface area contributed by atoms with E-state index >= 15 is 0 Å². The molecule has 2 saturated heterocycles. The van der Waals surface area contributed by atoms with Crippen LogP contribution in [0.1, 0.15) is 17.7 Å². The third-order valence-electron chi connectivity index (χ3n) is 4.27. The summed E-state index contributed by atoms with van der Waals surface area (Å²) in [6.07, 6.45) is 1.75. The predicted molar refractivity (Wildman–Crippen MR) is 82.8 cm³/mol. The predicted octanol–water partition coefficient (Wildman–Crippen LogP) is -0.921. The molecule has 2 fully saturated rings. The van der Waals surface area contributed by atoms with Gasteiger partial charge < -0.3 is 10.0 Å². The molecule has 124 valence electrons. The Bertz CT molecular complexity index is 604. The minimum Gasteiger partial charge on any atom is -0.387 e. The van der Waals surface area contributed by atoms with E-state index in [0.717, 1.165) is 39.0 Å². The number of amides is 4. The Kier molecular flexibility index (Phi) is 4.74. The smallest absolute Gasteiger partial charge is 0.338 e. The summed E-state index contributed by atoms with van der Waals surface area (Å²) in [5.41, 5.74) is 0. The number of piperidine rings is 1. The molecule has 23 heavy (non-hydrogen) atoms. The normalized spacial score (nSPS) is 25.5. The molecule has 3 rings (SSSR count). The van der Waals surface area contributed by atoms with Crippen LogP contribution in [0.4, 0.5) is 4.79 Å². The number of imide groups is 2. The molecule has 0 aliphatic carbocycles. The van der Waals surface area contributed by atoms with Gasteiger partial charge in [0.1, 0.15) is 12.6 Å². The Hall–Kier alpha value is -1.77. The first-order chi connectivity index (χ1) is 11.1. The second kappa shape index (κ2) is 6.77. The molecule has 0 aromatic carbocycles. The molecule has 4 amide bonds. The summed E-state index contributed by atoms with van der Waals surface area (Å²) >= 11 is 1.56. The molecule has 0 radical (unpaired) electrons. The largest absolute Gasteiger partial charge is 0.387 e. The first-order valence-corrected chi connectivity index (χ1v) is 8.65. The van der Waals surface area contributed by atoms with Gasteiger partial charge >= 0.3 is 17.8 Å². The zero-order valence-corrected chi connectivity index (χ0v) is 13.6. The summed E-state index contributed by atoms with van der Waals surface area (Å²) in [5.74, 6) is -1.50. The lowest BCUT2D eigenvalue weighted by molar-refractivity contribution is -0.915. The lowest BCUT2D eigenvalue weighted by Crippen LogP contribution is -3.15. The zero-order valence-electron chi connectivity index (χ0n) is 12.7. The summed E-state index contributed by atoms with van der Waals surface area (Å²) < 4.78 is 0. The molecule has 3 heterocycles. The molecular formula is C15H20N3O4S+. The summed E-state index contributed by atoms with van der Waals surface area (Å²) in [4.78, 5) is 40.6. The van der Waals surface area contributed by atoms with Crippen molar-refractivity contribution in [2.24, 2.45) is 0 Å². The minimum atomic E-state index is -0.756. The summed E-state index contributed by atoms with van der Waals surface area (Å²) in [6.45, 7) is 1.66. The van der Waals surface area contributed by atoms with E-state index in [1.165, 1.54) is 0 Å². The van der Waals surface area contributed by atoms with Crippen LogP contribution in [0.5, 0.6) is 0 Å². The standard InChI is InChI=1S/C15H19N3O4S/c19-11-3-1-6-16(9-11)10-18-14(21)13(20)17(15(18)22)7-5-12-4-2-8-23-12/h2,4,8,11,19H,1,3,5-7,9-10H2/p+1/t11-/m1/s1. The number of nitrogens with one attached hydrogen (secondary N) is 1. The first-order valence-electron chi connectivity index (χ1n) is 7.77. The van der Waals surface area contributed by atoms with Crippen LogP contribution in [0.2, 0.25) is 0 Å². The Morgan fingerprint density at radius 2 is 2.04 bits per heavy atom. The number of aliphatic hydroxyl groups excluding tert-OH is 1. The van der Waals surface area contributed by atoms with Gasteiger partial charge in [-0.1, -0.05) is 6.07 Å². The minimum absolute atomic E-state index is 0.149. The molecule has 0 bridgehead atoms. The van der Waals surface area contributed by atoms with Gasteiger partial charge in [-0.3, -0.25) is 14.5 Å². The number of hydrogen-bond donors (Lipinski definition) is 2. The maximum atomic E-state index is 12.4. The van der Waals surface area contributed by atoms with Crippen molar-refractivity contribution in [2.45, 2.75) is 25.4 Å². The lowest BCUT2D eigenvalue weighted by atomic mass is 10.1. The molecule has 8 heteroatoms. The number of nitrogens with zero attached hydrogens (tertiary/aromatic N) is 2. The summed E-state index contributed by atoms with van der Waals surface area (Å²) in [6, 6.07) is 3.31. The fourth-order valence-corrected chi connectivity index (χ4v) is 3.75. The fourth-order valence-electron chi connectivity index (χ4n) is 3.06. The maximum absolute atomic E-state index is 12.4. The lowest BCUT2D eigenvalue weighted by Gasteiger charge is -2.29. The number of urea groups is 1. The Morgan fingerprint density at radius 1 is 1.26 bits per heavy atom. The van der Waals surface area contributed by atoms with Gasteiger partial charge in [-0.2, -0.15) is 0 Å². The first kappa shape index (κ1) is 16.1. The molecule has 1 aromatic heterocycles. The van der Waals surface area contributed by atoms with Gasteiger partial charge in [0.2, 0.25) is 0 Å². The van der Waals surface area contributed by atoms with Crippen molar-refractivity contribution in [1.29, 1.82) is 0 Å². The van der Waals surface area contributed by atoms with Crippen molar-refractivity contribution >= 4 is 29.2 Å². The molecule has 1 unspecified atom stereocenters. The van der Waals surface area contributed by atoms with E-state index in [1.54, 1.807) is 11.3 Å². The van der Waals surface area contributed by atoms with Gasteiger partial charge in [-0.25, -0.2) is 9.69 Å². The van der Waals surface area contributed by atoms with E-state index in [9.17, 15) is 19.5 Å². The maximum Gasteiger partial charge on any atom is 0.338 e. The van der Waals surface area contributed by atoms with E-state index < -0.39 is 23.9 Å². The van der Waals surface area contributed by atoms with Crippen LogP contribution in [-0.2, 0) is 16.0 Å². The van der Waals surface area contributed by atoms with Crippen LogP contribution >= 0.6 is 11.3 Å². The van der Waals surface area contributed by atoms with Crippen molar-refractivity contribution in [2.75, 3.05) is 26.3 Å². The molecule has 2 aliphatic heterocycles. The van der Waals surface area contributed by atoms with E-state index in [4.69, 9.17) is 0 Å². The molecular weight excluding hydrogens is 318 g/mol. The quantitative estimate of drug-likeness (QED) is 0.537. The average molecular weight is 338 g/mol. The van der Waals surface area contributed by atoms with Crippen LogP contribution in [-0.4, -0.2) is 65.2 Å². The van der Waals surface area contributed by atoms with Crippen LogP contribution in [0.15, 0.2) is 17.5 Å². The molecule has 0 spiro atoms. The fraction of sp³-hybridized carbons (Fsp3) is 0.533. The summed E-state index contributed by atoms with van der Waals surface area (Å²) in [5, 5.41) is 11.6. The number of thiophene rings is 1. The van der Waals surface area contributed by atoms with Gasteiger partial charge in [0, 0.05) is 17.8 Å². The molecule has 2 aliphatic rings. The van der Waals surface area contributed by atoms with Crippen molar-refractivity contribution < 1.29 is 24.4 Å². The van der Waals surface area contributed by atoms with Gasteiger partial charge in [0.05, 0.1) is 6.54 Å². The highest BCUT2D eigenvalue weighted by Gasteiger charge is 2.46. The highest BCUT2D eigenvalue weighted by molar-refractivity contribution is 7.09. The van der Waals surface area contributed by atoms with Gasteiger partial charge in [0.15, 0.2) is 6.67 Å². The van der Waals surface area contributed by atoms with Crippen molar-refractivity contribution in [3.63, 3.8) is 0 Å². The van der Waals surface area contributed by atoms with Gasteiger partial charge in [-0.05, 0) is 24.3 Å². The number of carbonyl (C=O) groups excluding carboxylic acids is 3. The zero-order chi connectivity index (χ0) is 16.4. The van der Waals surface area contributed by atoms with Crippen LogP contribution < -0.4 is 4.90 Å². The van der Waals surface area contributed by atoms with Crippen molar-refractivity contribution in [3.8, 4) is 0 Å². The number of aliphatic hydroxyl groups is 1. The number of carbonyl (C=O) groups is 3. The monoisotopic (exact) mass is 338 g/mol. The molecule has 1 aromatic rings. The SMILES string of the molecule is O=C1C(=O)N(C[NH+]2CCC[C@@H](O)C2)C(=O)N1CCc1cccs1. The Morgan fingerprint density at radius 3 is 2.74 bits per heavy atom. The third-order valence-corrected chi connectivity index (χ3v) is 5.21. The number of hydrogen-bond acceptors (Lipinski definition) is 5. The second-order valence-electron chi connectivity index (χ2n) is 5.96. The Balaban J connectivity index is 1.62. The van der Waals surface area contributed by atoms with E-state index in [2.05, 4.69) is 0 Å². The van der Waals surface area contributed by atoms with Gasteiger partial charge in [-0.15, -0.1) is 11.3 Å². The van der Waals surface area contributed by atoms with Crippen molar-refractivity contribution in [3.05, 3.63) is 22.4 Å². The average Bonchev–Trinajstić information content (AvgIpc) is 3.10. The highest BCUT2D eigenvalue weighted by Crippen LogP contribution is 2.14. The highest BCUT2D eigenvalue weighted by atomic mass is 32.1. The molecule has 2 atom stereocenters. The van der Waals surface area contributed by atoms with Crippen LogP contribution in [0, 0.1) is 0 Å². The van der Waals surface area contributed by atoms with Crippen LogP contribution in [0.3, 0.4) is 0 Å². The van der Waals surface area contributed by atoms with E-state index in [-0.39, 0.29) is 13.2 Å². The third kappa shape index (κ3) is 3.44. The van der Waals surface area contributed by atoms with Gasteiger partial charge in [0.25, 0.3) is 0 Å². The number of quaternary nitrogens is 1. The van der Waals surface area contributed by atoms with Crippen molar-refractivity contribution in [1.82, 2.24) is 9.80 Å². The topological polar surface area (TPSA) is 82.4 Å². The van der Waals surface area contributed by atoms with E-state index in [0.29, 0.717) is 13.0 Å². The van der Waals surface area contributed by atoms with Crippen LogP contribution in [0.25, 0.3) is 0 Å². The molecule has 0 saturated carbocycles.